The van der Waals surface area contributed by atoms with Crippen molar-refractivity contribution in [2.75, 3.05) is 13.2 Å². The Morgan fingerprint density at radius 2 is 2.16 bits per heavy atom. The number of rotatable bonds is 4. The standard InChI is InChI=1S/C14H22N2O3/c1-9-6-13(10(2)16(9)3)14(18)15-7-11-4-5-12(8-17)19-11/h6,11-12,17H,4-5,7-8H2,1-3H3,(H,15,18)/t11-,12+/m1/s1. The van der Waals surface area contributed by atoms with Crippen molar-refractivity contribution in [2.45, 2.75) is 38.9 Å². The minimum absolute atomic E-state index is 0.0196. The van der Waals surface area contributed by atoms with Crippen LogP contribution in [0.1, 0.15) is 34.6 Å². The van der Waals surface area contributed by atoms with E-state index in [0.29, 0.717) is 6.54 Å². The van der Waals surface area contributed by atoms with E-state index in [-0.39, 0.29) is 24.7 Å². The summed E-state index contributed by atoms with van der Waals surface area (Å²) in [5, 5.41) is 11.9. The van der Waals surface area contributed by atoms with Gasteiger partial charge in [0.05, 0.1) is 24.4 Å². The second-order valence-corrected chi connectivity index (χ2v) is 5.19. The first kappa shape index (κ1) is 14.1. The molecule has 106 valence electrons. The van der Waals surface area contributed by atoms with Gasteiger partial charge in [0.15, 0.2) is 0 Å². The van der Waals surface area contributed by atoms with E-state index in [1.165, 1.54) is 0 Å². The Kier molecular flexibility index (Phi) is 4.27. The molecule has 1 aliphatic heterocycles. The lowest BCUT2D eigenvalue weighted by molar-refractivity contribution is 0.0125. The minimum atomic E-state index is -0.0670. The SMILES string of the molecule is Cc1cc(C(=O)NC[C@H]2CC[C@@H](CO)O2)c(C)n1C. The summed E-state index contributed by atoms with van der Waals surface area (Å²) in [4.78, 5) is 12.1. The van der Waals surface area contributed by atoms with Gasteiger partial charge < -0.3 is 19.7 Å². The molecule has 2 N–H and O–H groups in total. The number of carbonyl (C=O) groups is 1. The van der Waals surface area contributed by atoms with Crippen molar-refractivity contribution >= 4 is 5.91 Å². The zero-order chi connectivity index (χ0) is 14.0. The van der Waals surface area contributed by atoms with Crippen molar-refractivity contribution in [1.29, 1.82) is 0 Å². The molecule has 5 heteroatoms. The van der Waals surface area contributed by atoms with E-state index in [0.717, 1.165) is 29.8 Å². The third-order valence-corrected chi connectivity index (χ3v) is 3.91. The van der Waals surface area contributed by atoms with Gasteiger partial charge in [0.25, 0.3) is 5.91 Å². The first-order chi connectivity index (χ1) is 9.02. The van der Waals surface area contributed by atoms with Crippen molar-refractivity contribution in [3.8, 4) is 0 Å². The number of carbonyl (C=O) groups excluding carboxylic acids is 1. The number of amides is 1. The fourth-order valence-electron chi connectivity index (χ4n) is 2.45. The summed E-state index contributed by atoms with van der Waals surface area (Å²) < 4.78 is 7.59. The molecule has 1 aromatic rings. The quantitative estimate of drug-likeness (QED) is 0.851. The molecule has 0 bridgehead atoms. The molecular formula is C14H22N2O3. The van der Waals surface area contributed by atoms with Crippen molar-refractivity contribution < 1.29 is 14.6 Å². The number of ether oxygens (including phenoxy) is 1. The molecule has 0 unspecified atom stereocenters. The smallest absolute Gasteiger partial charge is 0.253 e. The molecule has 1 fully saturated rings. The van der Waals surface area contributed by atoms with E-state index in [9.17, 15) is 4.79 Å². The van der Waals surface area contributed by atoms with Crippen LogP contribution in [0, 0.1) is 13.8 Å². The monoisotopic (exact) mass is 266 g/mol. The number of hydrogen-bond acceptors (Lipinski definition) is 3. The summed E-state index contributed by atoms with van der Waals surface area (Å²) in [6, 6.07) is 1.90. The van der Waals surface area contributed by atoms with Crippen LogP contribution in [-0.4, -0.2) is 40.9 Å². The van der Waals surface area contributed by atoms with Crippen LogP contribution < -0.4 is 5.32 Å². The van der Waals surface area contributed by atoms with Gasteiger partial charge in [-0.05, 0) is 32.8 Å². The topological polar surface area (TPSA) is 63.5 Å². The molecule has 0 saturated carbocycles. The molecule has 0 aliphatic carbocycles. The van der Waals surface area contributed by atoms with Crippen LogP contribution in [0.4, 0.5) is 0 Å². The fraction of sp³-hybridized carbons (Fsp3) is 0.643. The number of aliphatic hydroxyl groups is 1. The highest BCUT2D eigenvalue weighted by Crippen LogP contribution is 2.19. The van der Waals surface area contributed by atoms with E-state index in [4.69, 9.17) is 9.84 Å². The molecular weight excluding hydrogens is 244 g/mol. The maximum Gasteiger partial charge on any atom is 0.253 e. The van der Waals surface area contributed by atoms with Crippen molar-refractivity contribution in [3.63, 3.8) is 0 Å². The Morgan fingerprint density at radius 3 is 2.68 bits per heavy atom. The van der Waals surface area contributed by atoms with E-state index in [2.05, 4.69) is 5.32 Å². The molecule has 19 heavy (non-hydrogen) atoms. The molecule has 1 saturated heterocycles. The second kappa shape index (κ2) is 5.75. The van der Waals surface area contributed by atoms with Gasteiger partial charge in [-0.3, -0.25) is 4.79 Å². The summed E-state index contributed by atoms with van der Waals surface area (Å²) in [5.74, 6) is -0.0581. The molecule has 0 radical (unpaired) electrons. The zero-order valence-electron chi connectivity index (χ0n) is 11.8. The molecule has 5 nitrogen and oxygen atoms in total. The first-order valence-electron chi connectivity index (χ1n) is 6.70. The van der Waals surface area contributed by atoms with Crippen LogP contribution in [0.25, 0.3) is 0 Å². The summed E-state index contributed by atoms with van der Waals surface area (Å²) in [5.41, 5.74) is 2.76. The van der Waals surface area contributed by atoms with Crippen LogP contribution in [0.5, 0.6) is 0 Å². The van der Waals surface area contributed by atoms with E-state index in [1.54, 1.807) is 0 Å². The van der Waals surface area contributed by atoms with Gasteiger partial charge in [-0.25, -0.2) is 0 Å². The van der Waals surface area contributed by atoms with Crippen LogP contribution in [0.2, 0.25) is 0 Å². The van der Waals surface area contributed by atoms with Gasteiger partial charge in [0, 0.05) is 25.0 Å². The summed E-state index contributed by atoms with van der Waals surface area (Å²) in [7, 11) is 1.95. The minimum Gasteiger partial charge on any atom is -0.394 e. The van der Waals surface area contributed by atoms with Crippen LogP contribution in [0.15, 0.2) is 6.07 Å². The Bertz CT molecular complexity index is 468. The molecule has 1 aliphatic rings. The van der Waals surface area contributed by atoms with Crippen molar-refractivity contribution in [1.82, 2.24) is 9.88 Å². The average molecular weight is 266 g/mol. The van der Waals surface area contributed by atoms with E-state index in [1.807, 2.05) is 31.5 Å². The number of aryl methyl sites for hydroxylation is 1. The molecule has 0 aromatic carbocycles. The predicted octanol–water partition coefficient (Wildman–Crippen LogP) is 0.912. The summed E-state index contributed by atoms with van der Waals surface area (Å²) in [6.45, 7) is 4.48. The Balaban J connectivity index is 1.90. The Hall–Kier alpha value is -1.33. The largest absolute Gasteiger partial charge is 0.394 e. The zero-order valence-corrected chi connectivity index (χ0v) is 11.8. The van der Waals surface area contributed by atoms with E-state index < -0.39 is 0 Å². The highest BCUT2D eigenvalue weighted by molar-refractivity contribution is 5.95. The molecule has 1 aromatic heterocycles. The summed E-state index contributed by atoms with van der Waals surface area (Å²) >= 11 is 0. The number of nitrogens with one attached hydrogen (secondary N) is 1. The van der Waals surface area contributed by atoms with Crippen molar-refractivity contribution in [3.05, 3.63) is 23.0 Å². The number of aromatic nitrogens is 1. The number of hydrogen-bond donors (Lipinski definition) is 2. The normalized spacial score (nSPS) is 22.7. The van der Waals surface area contributed by atoms with Gasteiger partial charge in [0.1, 0.15) is 0 Å². The maximum absolute atomic E-state index is 12.1. The van der Waals surface area contributed by atoms with Crippen LogP contribution in [0.3, 0.4) is 0 Å². The highest BCUT2D eigenvalue weighted by atomic mass is 16.5. The van der Waals surface area contributed by atoms with Crippen molar-refractivity contribution in [2.24, 2.45) is 7.05 Å². The lowest BCUT2D eigenvalue weighted by Crippen LogP contribution is -2.32. The van der Waals surface area contributed by atoms with Crippen LogP contribution >= 0.6 is 0 Å². The molecule has 1 amide bonds. The predicted molar refractivity (Wildman–Crippen MR) is 72.2 cm³/mol. The Morgan fingerprint density at radius 1 is 1.47 bits per heavy atom. The molecule has 2 heterocycles. The van der Waals surface area contributed by atoms with Gasteiger partial charge in [-0.15, -0.1) is 0 Å². The molecule has 2 rings (SSSR count). The first-order valence-corrected chi connectivity index (χ1v) is 6.70. The third-order valence-electron chi connectivity index (χ3n) is 3.91. The van der Waals surface area contributed by atoms with Crippen LogP contribution in [-0.2, 0) is 11.8 Å². The lowest BCUT2D eigenvalue weighted by atomic mass is 10.2. The number of aliphatic hydroxyl groups excluding tert-OH is 1. The van der Waals surface area contributed by atoms with Gasteiger partial charge in [-0.2, -0.15) is 0 Å². The number of nitrogens with zero attached hydrogens (tertiary/aromatic N) is 1. The second-order valence-electron chi connectivity index (χ2n) is 5.19. The summed E-state index contributed by atoms with van der Waals surface area (Å²) in [6.07, 6.45) is 1.70. The average Bonchev–Trinajstić information content (AvgIpc) is 2.96. The van der Waals surface area contributed by atoms with Gasteiger partial charge in [0.2, 0.25) is 0 Å². The van der Waals surface area contributed by atoms with Gasteiger partial charge in [-0.1, -0.05) is 0 Å². The maximum atomic E-state index is 12.1. The van der Waals surface area contributed by atoms with Gasteiger partial charge >= 0.3 is 0 Å². The highest BCUT2D eigenvalue weighted by Gasteiger charge is 2.25. The lowest BCUT2D eigenvalue weighted by Gasteiger charge is -2.13. The molecule has 2 atom stereocenters. The van der Waals surface area contributed by atoms with E-state index >= 15 is 0 Å². The fourth-order valence-corrected chi connectivity index (χ4v) is 2.45. The molecule has 0 spiro atoms. The Labute approximate surface area is 113 Å². The third kappa shape index (κ3) is 2.98.